The van der Waals surface area contributed by atoms with Gasteiger partial charge in [0.05, 0.1) is 30.2 Å². The highest BCUT2D eigenvalue weighted by Gasteiger charge is 2.25. The molecule has 5 heterocycles. The monoisotopic (exact) mass is 531 g/mol. The van der Waals surface area contributed by atoms with Crippen molar-refractivity contribution in [2.24, 2.45) is 0 Å². The second-order valence-corrected chi connectivity index (χ2v) is 10.6. The molecule has 10 heteroatoms. The van der Waals surface area contributed by atoms with Crippen molar-refractivity contribution in [3.8, 4) is 22.4 Å². The first-order chi connectivity index (χ1) is 18.5. The number of piperidine rings is 1. The van der Waals surface area contributed by atoms with Gasteiger partial charge >= 0.3 is 0 Å². The summed E-state index contributed by atoms with van der Waals surface area (Å²) in [6, 6.07) is 7.74. The summed E-state index contributed by atoms with van der Waals surface area (Å²) in [5, 5.41) is 4.65. The van der Waals surface area contributed by atoms with Crippen LogP contribution < -0.4 is 10.9 Å². The van der Waals surface area contributed by atoms with E-state index in [1.54, 1.807) is 18.6 Å². The van der Waals surface area contributed by atoms with E-state index in [2.05, 4.69) is 32.2 Å². The molecule has 2 saturated heterocycles. The van der Waals surface area contributed by atoms with Crippen LogP contribution in [0.25, 0.3) is 33.4 Å². The molecule has 1 N–H and O–H groups in total. The van der Waals surface area contributed by atoms with Gasteiger partial charge in [0.15, 0.2) is 0 Å². The smallest absolute Gasteiger partial charge is 0.260 e. The molecule has 6 rings (SSSR count). The molecule has 0 amide bonds. The van der Waals surface area contributed by atoms with Crippen LogP contribution in [0.15, 0.2) is 47.7 Å². The minimum atomic E-state index is -0.0918. The summed E-state index contributed by atoms with van der Waals surface area (Å²) in [5.74, 6) is 0.517. The number of likely N-dealkylation sites (tertiary alicyclic amines) is 1. The molecule has 0 radical (unpaired) electrons. The highest BCUT2D eigenvalue weighted by molar-refractivity contribution is 6.33. The second kappa shape index (κ2) is 10.4. The van der Waals surface area contributed by atoms with Gasteiger partial charge in [-0.25, -0.2) is 9.97 Å². The summed E-state index contributed by atoms with van der Waals surface area (Å²) >= 11 is 6.80. The Bertz CT molecular complexity index is 1540. The number of hydrogen-bond acceptors (Lipinski definition) is 8. The van der Waals surface area contributed by atoms with Crippen molar-refractivity contribution < 1.29 is 4.74 Å². The highest BCUT2D eigenvalue weighted by Crippen LogP contribution is 2.33. The number of halogens is 1. The molecule has 196 valence electrons. The molecule has 1 unspecified atom stereocenters. The van der Waals surface area contributed by atoms with E-state index in [1.807, 2.05) is 35.8 Å². The van der Waals surface area contributed by atoms with Crippen LogP contribution in [-0.2, 0) is 4.74 Å². The Hall–Kier alpha value is -3.40. The first kappa shape index (κ1) is 24.9. The number of aromatic nitrogens is 5. The average Bonchev–Trinajstić information content (AvgIpc) is 3.42. The highest BCUT2D eigenvalue weighted by atomic mass is 35.5. The number of hydrogen-bond donors (Lipinski definition) is 1. The average molecular weight is 532 g/mol. The molecule has 3 aromatic heterocycles. The SMILES string of the molecule is Cc1cncc(-c2ccc(-c3cc4cnc(NC5CCOC5)nc4n(C4CCN(C)CC4)c3=O)c(Cl)c2)n1. The maximum Gasteiger partial charge on any atom is 0.260 e. The molecular formula is C28H30ClN7O2. The minimum Gasteiger partial charge on any atom is -0.379 e. The third kappa shape index (κ3) is 4.89. The van der Waals surface area contributed by atoms with Crippen molar-refractivity contribution in [1.82, 2.24) is 29.4 Å². The molecule has 2 fully saturated rings. The first-order valence-electron chi connectivity index (χ1n) is 13.0. The molecule has 38 heavy (non-hydrogen) atoms. The van der Waals surface area contributed by atoms with Crippen molar-refractivity contribution in [3.63, 3.8) is 0 Å². The number of pyridine rings is 1. The zero-order valence-corrected chi connectivity index (χ0v) is 22.3. The van der Waals surface area contributed by atoms with Crippen LogP contribution in [0.3, 0.4) is 0 Å². The van der Waals surface area contributed by atoms with E-state index in [1.165, 1.54) is 0 Å². The van der Waals surface area contributed by atoms with Gasteiger partial charge in [0.25, 0.3) is 5.56 Å². The number of ether oxygens (including phenoxy) is 1. The number of rotatable bonds is 5. The Morgan fingerprint density at radius 1 is 1.05 bits per heavy atom. The largest absolute Gasteiger partial charge is 0.379 e. The lowest BCUT2D eigenvalue weighted by Gasteiger charge is -2.31. The fourth-order valence-corrected chi connectivity index (χ4v) is 5.58. The third-order valence-electron chi connectivity index (χ3n) is 7.40. The van der Waals surface area contributed by atoms with Crippen molar-refractivity contribution >= 4 is 28.6 Å². The van der Waals surface area contributed by atoms with Crippen molar-refractivity contribution in [1.29, 1.82) is 0 Å². The summed E-state index contributed by atoms with van der Waals surface area (Å²) in [4.78, 5) is 34.6. The van der Waals surface area contributed by atoms with Crippen LogP contribution in [0.1, 0.15) is 31.0 Å². The molecule has 9 nitrogen and oxygen atoms in total. The number of anilines is 1. The minimum absolute atomic E-state index is 0.0410. The Balaban J connectivity index is 1.46. The number of benzene rings is 1. The van der Waals surface area contributed by atoms with E-state index in [0.29, 0.717) is 34.4 Å². The topological polar surface area (TPSA) is 98.1 Å². The molecule has 2 aliphatic heterocycles. The number of nitrogens with one attached hydrogen (secondary N) is 1. The van der Waals surface area contributed by atoms with E-state index in [4.69, 9.17) is 21.3 Å². The molecule has 4 aromatic rings. The zero-order valence-electron chi connectivity index (χ0n) is 21.5. The third-order valence-corrected chi connectivity index (χ3v) is 7.71. The Morgan fingerprint density at radius 2 is 1.89 bits per heavy atom. The quantitative estimate of drug-likeness (QED) is 0.406. The molecule has 2 aliphatic rings. The van der Waals surface area contributed by atoms with Crippen LogP contribution in [0.2, 0.25) is 5.02 Å². The Kier molecular flexibility index (Phi) is 6.82. The Labute approximate surface area is 225 Å². The van der Waals surface area contributed by atoms with Gasteiger partial charge in [-0.2, -0.15) is 4.98 Å². The normalized spacial score (nSPS) is 18.8. The van der Waals surface area contributed by atoms with Gasteiger partial charge in [0, 0.05) is 52.1 Å². The number of aryl methyl sites for hydroxylation is 1. The maximum absolute atomic E-state index is 14.1. The molecule has 0 bridgehead atoms. The molecule has 0 aliphatic carbocycles. The van der Waals surface area contributed by atoms with Gasteiger partial charge < -0.3 is 15.0 Å². The zero-order chi connectivity index (χ0) is 26.2. The summed E-state index contributed by atoms with van der Waals surface area (Å²) in [7, 11) is 2.11. The van der Waals surface area contributed by atoms with E-state index in [-0.39, 0.29) is 17.6 Å². The molecule has 0 spiro atoms. The maximum atomic E-state index is 14.1. The van der Waals surface area contributed by atoms with Crippen LogP contribution in [0, 0.1) is 6.92 Å². The fourth-order valence-electron chi connectivity index (χ4n) is 5.30. The fraction of sp³-hybridized carbons (Fsp3) is 0.393. The van der Waals surface area contributed by atoms with Gasteiger partial charge in [-0.3, -0.25) is 14.3 Å². The first-order valence-corrected chi connectivity index (χ1v) is 13.4. The van der Waals surface area contributed by atoms with Gasteiger partial charge in [-0.05, 0) is 58.5 Å². The van der Waals surface area contributed by atoms with Gasteiger partial charge in [-0.1, -0.05) is 23.7 Å². The van der Waals surface area contributed by atoms with Gasteiger partial charge in [-0.15, -0.1) is 0 Å². The second-order valence-electron chi connectivity index (χ2n) is 10.2. The van der Waals surface area contributed by atoms with Gasteiger partial charge in [0.1, 0.15) is 5.65 Å². The van der Waals surface area contributed by atoms with E-state index < -0.39 is 0 Å². The van der Waals surface area contributed by atoms with E-state index in [9.17, 15) is 4.79 Å². The molecule has 1 aromatic carbocycles. The predicted molar refractivity (Wildman–Crippen MR) is 149 cm³/mol. The van der Waals surface area contributed by atoms with Gasteiger partial charge in [0.2, 0.25) is 5.95 Å². The van der Waals surface area contributed by atoms with Crippen LogP contribution in [0.4, 0.5) is 5.95 Å². The standard InChI is InChI=1S/C28H30ClN7O2/c1-17-13-30-15-25(32-17)18-3-4-22(24(29)12-18)23-11-19-14-31-28(33-20-7-10-38-16-20)34-26(19)36(27(23)37)21-5-8-35(2)9-6-21/h3-4,11-15,20-21H,5-10,16H2,1-2H3,(H,31,33,34). The lowest BCUT2D eigenvalue weighted by Crippen LogP contribution is -2.36. The van der Waals surface area contributed by atoms with Crippen LogP contribution in [0.5, 0.6) is 0 Å². The van der Waals surface area contributed by atoms with E-state index >= 15 is 0 Å². The summed E-state index contributed by atoms with van der Waals surface area (Å²) in [6.07, 6.45) is 7.87. The van der Waals surface area contributed by atoms with Crippen LogP contribution in [-0.4, -0.2) is 68.8 Å². The predicted octanol–water partition coefficient (Wildman–Crippen LogP) is 4.34. The summed E-state index contributed by atoms with van der Waals surface area (Å²) < 4.78 is 7.35. The molecule has 1 atom stereocenters. The van der Waals surface area contributed by atoms with E-state index in [0.717, 1.165) is 61.3 Å². The number of fused-ring (bicyclic) bond motifs is 1. The Morgan fingerprint density at radius 3 is 2.63 bits per heavy atom. The van der Waals surface area contributed by atoms with Crippen molar-refractivity contribution in [2.45, 2.75) is 38.3 Å². The van der Waals surface area contributed by atoms with Crippen molar-refractivity contribution in [2.75, 3.05) is 38.7 Å². The van der Waals surface area contributed by atoms with Crippen LogP contribution >= 0.6 is 11.6 Å². The lowest BCUT2D eigenvalue weighted by molar-refractivity contribution is 0.195. The van der Waals surface area contributed by atoms with Crippen molar-refractivity contribution in [3.05, 3.63) is 63.9 Å². The number of nitrogens with zero attached hydrogens (tertiary/aromatic N) is 6. The lowest BCUT2D eigenvalue weighted by atomic mass is 10.0. The summed E-state index contributed by atoms with van der Waals surface area (Å²) in [6.45, 7) is 5.10. The molecule has 0 saturated carbocycles. The molecular weight excluding hydrogens is 502 g/mol. The summed E-state index contributed by atoms with van der Waals surface area (Å²) in [5.41, 5.74) is 4.18.